The molecule has 2 heterocycles. The van der Waals surface area contributed by atoms with E-state index in [1.165, 1.54) is 0 Å². The Morgan fingerprint density at radius 2 is 1.74 bits per heavy atom. The van der Waals surface area contributed by atoms with Gasteiger partial charge in [-0.2, -0.15) is 4.98 Å². The number of halogens is 2. The second-order valence-electron chi connectivity index (χ2n) is 8.26. The minimum Gasteiger partial charge on any atom is -0.347 e. The number of nitrogens with zero attached hydrogens (tertiary/aromatic N) is 3. The molecular formula is C26H23Cl2N5O. The SMILES string of the molecule is O=C(CCc1ccccc1)Nc1nc2n(n1)[C@H](c1ccccc1Cl)C[C@H](c1ccc(Cl)cc1)N2. The Bertz CT molecular complexity index is 1290. The highest BCUT2D eigenvalue weighted by Gasteiger charge is 2.32. The van der Waals surface area contributed by atoms with Crippen LogP contribution in [0.4, 0.5) is 11.9 Å². The molecule has 0 unspecified atom stereocenters. The van der Waals surface area contributed by atoms with Gasteiger partial charge >= 0.3 is 0 Å². The normalized spacial score (nSPS) is 17.0. The van der Waals surface area contributed by atoms with Crippen molar-refractivity contribution in [2.45, 2.75) is 31.3 Å². The molecule has 1 aliphatic heterocycles. The van der Waals surface area contributed by atoms with Gasteiger partial charge in [0, 0.05) is 16.5 Å². The fraction of sp³-hybridized carbons (Fsp3) is 0.192. The van der Waals surface area contributed by atoms with Crippen LogP contribution in [0.5, 0.6) is 0 Å². The molecule has 172 valence electrons. The number of fused-ring (bicyclic) bond motifs is 1. The Kier molecular flexibility index (Phi) is 6.52. The lowest BCUT2D eigenvalue weighted by Crippen LogP contribution is -2.28. The lowest BCUT2D eigenvalue weighted by molar-refractivity contribution is -0.116. The number of rotatable bonds is 6. The minimum atomic E-state index is -0.145. The third-order valence-electron chi connectivity index (χ3n) is 5.96. The van der Waals surface area contributed by atoms with Crippen molar-refractivity contribution in [3.63, 3.8) is 0 Å². The number of anilines is 2. The van der Waals surface area contributed by atoms with Gasteiger partial charge in [-0.05, 0) is 47.7 Å². The number of benzene rings is 3. The molecule has 6 nitrogen and oxygen atoms in total. The predicted molar refractivity (Wildman–Crippen MR) is 135 cm³/mol. The van der Waals surface area contributed by atoms with Crippen molar-refractivity contribution in [3.8, 4) is 0 Å². The van der Waals surface area contributed by atoms with E-state index in [-0.39, 0.29) is 23.9 Å². The van der Waals surface area contributed by atoms with Crippen LogP contribution in [0.2, 0.25) is 10.0 Å². The molecule has 1 amide bonds. The summed E-state index contributed by atoms with van der Waals surface area (Å²) in [5.74, 6) is 0.721. The second-order valence-corrected chi connectivity index (χ2v) is 9.10. The van der Waals surface area contributed by atoms with E-state index >= 15 is 0 Å². The summed E-state index contributed by atoms with van der Waals surface area (Å²) >= 11 is 12.6. The first-order chi connectivity index (χ1) is 16.6. The van der Waals surface area contributed by atoms with E-state index in [0.29, 0.717) is 35.3 Å². The Hall–Kier alpha value is -3.35. The summed E-state index contributed by atoms with van der Waals surface area (Å²) in [6.45, 7) is 0. The van der Waals surface area contributed by atoms with Crippen LogP contribution in [-0.2, 0) is 11.2 Å². The van der Waals surface area contributed by atoms with Crippen molar-refractivity contribution in [1.29, 1.82) is 0 Å². The first kappa shape index (κ1) is 22.4. The van der Waals surface area contributed by atoms with Crippen LogP contribution in [0.15, 0.2) is 78.9 Å². The molecule has 0 saturated carbocycles. The van der Waals surface area contributed by atoms with Crippen LogP contribution < -0.4 is 10.6 Å². The second kappa shape index (κ2) is 9.87. The number of nitrogens with one attached hydrogen (secondary N) is 2. The van der Waals surface area contributed by atoms with Crippen LogP contribution in [0.1, 0.15) is 41.6 Å². The van der Waals surface area contributed by atoms with E-state index in [9.17, 15) is 4.79 Å². The summed E-state index contributed by atoms with van der Waals surface area (Å²) in [6.07, 6.45) is 1.71. The molecule has 0 fully saturated rings. The lowest BCUT2D eigenvalue weighted by atomic mass is 9.93. The molecule has 5 rings (SSSR count). The Morgan fingerprint density at radius 3 is 2.50 bits per heavy atom. The monoisotopic (exact) mass is 491 g/mol. The summed E-state index contributed by atoms with van der Waals surface area (Å²) < 4.78 is 1.81. The van der Waals surface area contributed by atoms with E-state index in [4.69, 9.17) is 23.2 Å². The molecule has 0 bridgehead atoms. The van der Waals surface area contributed by atoms with Gasteiger partial charge in [-0.15, -0.1) is 5.10 Å². The molecule has 34 heavy (non-hydrogen) atoms. The third-order valence-corrected chi connectivity index (χ3v) is 6.56. The number of carbonyl (C=O) groups excluding carboxylic acids is 1. The summed E-state index contributed by atoms with van der Waals surface area (Å²) in [5.41, 5.74) is 3.16. The fourth-order valence-electron chi connectivity index (χ4n) is 4.24. The maximum Gasteiger partial charge on any atom is 0.250 e. The quantitative estimate of drug-likeness (QED) is 0.331. The maximum atomic E-state index is 12.6. The van der Waals surface area contributed by atoms with Crippen molar-refractivity contribution in [1.82, 2.24) is 14.8 Å². The van der Waals surface area contributed by atoms with Gasteiger partial charge in [0.25, 0.3) is 5.95 Å². The van der Waals surface area contributed by atoms with E-state index in [0.717, 1.165) is 16.7 Å². The molecule has 0 aliphatic carbocycles. The minimum absolute atomic E-state index is 0.0168. The number of carbonyl (C=O) groups is 1. The maximum absolute atomic E-state index is 12.6. The topological polar surface area (TPSA) is 71.8 Å². The van der Waals surface area contributed by atoms with E-state index < -0.39 is 0 Å². The molecule has 0 saturated heterocycles. The number of aryl methyl sites for hydroxylation is 1. The average Bonchev–Trinajstić information content (AvgIpc) is 3.26. The van der Waals surface area contributed by atoms with Crippen molar-refractivity contribution in [3.05, 3.63) is 106 Å². The highest BCUT2D eigenvalue weighted by molar-refractivity contribution is 6.31. The van der Waals surface area contributed by atoms with Crippen molar-refractivity contribution in [2.75, 3.05) is 10.6 Å². The number of aromatic nitrogens is 3. The van der Waals surface area contributed by atoms with Gasteiger partial charge in [0.15, 0.2) is 0 Å². The summed E-state index contributed by atoms with van der Waals surface area (Å²) in [6, 6.07) is 25.3. The zero-order valence-electron chi connectivity index (χ0n) is 18.3. The van der Waals surface area contributed by atoms with Crippen LogP contribution >= 0.6 is 23.2 Å². The Balaban J connectivity index is 1.40. The predicted octanol–water partition coefficient (Wildman–Crippen LogP) is 6.30. The average molecular weight is 492 g/mol. The van der Waals surface area contributed by atoms with Gasteiger partial charge in [0.05, 0.1) is 12.1 Å². The molecule has 0 spiro atoms. The lowest BCUT2D eigenvalue weighted by Gasteiger charge is -2.32. The molecule has 2 atom stereocenters. The van der Waals surface area contributed by atoms with E-state index in [2.05, 4.69) is 20.7 Å². The van der Waals surface area contributed by atoms with Gasteiger partial charge in [-0.1, -0.05) is 83.9 Å². The van der Waals surface area contributed by atoms with Crippen molar-refractivity contribution < 1.29 is 4.79 Å². The fourth-order valence-corrected chi connectivity index (χ4v) is 4.63. The van der Waals surface area contributed by atoms with Crippen LogP contribution in [-0.4, -0.2) is 20.7 Å². The van der Waals surface area contributed by atoms with Gasteiger partial charge in [-0.3, -0.25) is 10.1 Å². The third kappa shape index (κ3) is 4.93. The molecule has 1 aliphatic rings. The first-order valence-corrected chi connectivity index (χ1v) is 11.9. The highest BCUT2D eigenvalue weighted by Crippen LogP contribution is 2.40. The first-order valence-electron chi connectivity index (χ1n) is 11.1. The summed E-state index contributed by atoms with van der Waals surface area (Å²) in [5, 5.41) is 12.3. The smallest absolute Gasteiger partial charge is 0.250 e. The zero-order valence-corrected chi connectivity index (χ0v) is 19.8. The molecule has 3 aromatic carbocycles. The highest BCUT2D eigenvalue weighted by atomic mass is 35.5. The Morgan fingerprint density at radius 1 is 1.00 bits per heavy atom. The molecular weight excluding hydrogens is 469 g/mol. The largest absolute Gasteiger partial charge is 0.347 e. The number of amides is 1. The van der Waals surface area contributed by atoms with Crippen molar-refractivity contribution >= 4 is 41.0 Å². The summed E-state index contributed by atoms with van der Waals surface area (Å²) in [7, 11) is 0. The van der Waals surface area contributed by atoms with Gasteiger partial charge in [-0.25, -0.2) is 4.68 Å². The molecule has 1 aromatic heterocycles. The van der Waals surface area contributed by atoms with Crippen LogP contribution in [0, 0.1) is 0 Å². The number of hydrogen-bond acceptors (Lipinski definition) is 4. The summed E-state index contributed by atoms with van der Waals surface area (Å²) in [4.78, 5) is 17.2. The molecule has 0 radical (unpaired) electrons. The van der Waals surface area contributed by atoms with E-state index in [1.54, 1.807) is 4.68 Å². The molecule has 8 heteroatoms. The van der Waals surface area contributed by atoms with Gasteiger partial charge in [0.2, 0.25) is 11.9 Å². The standard InChI is InChI=1S/C26H23Cl2N5O/c27-19-13-11-18(12-14-19)22-16-23(20-8-4-5-9-21(20)28)33-26(29-22)31-25(32-33)30-24(34)15-10-17-6-2-1-3-7-17/h1-9,11-14,22-23H,10,15-16H2,(H2,29,30,31,32,34)/t22-,23+/m1/s1. The van der Waals surface area contributed by atoms with E-state index in [1.807, 2.05) is 78.9 Å². The number of hydrogen-bond donors (Lipinski definition) is 2. The van der Waals surface area contributed by atoms with Gasteiger partial charge in [0.1, 0.15) is 0 Å². The van der Waals surface area contributed by atoms with Gasteiger partial charge < -0.3 is 5.32 Å². The molecule has 2 N–H and O–H groups in total. The molecule has 4 aromatic rings. The van der Waals surface area contributed by atoms with Crippen molar-refractivity contribution in [2.24, 2.45) is 0 Å². The Labute approximate surface area is 207 Å². The zero-order chi connectivity index (χ0) is 23.5. The van der Waals surface area contributed by atoms with Crippen LogP contribution in [0.3, 0.4) is 0 Å². The van der Waals surface area contributed by atoms with Crippen LogP contribution in [0.25, 0.3) is 0 Å².